The van der Waals surface area contributed by atoms with Crippen LogP contribution in [-0.2, 0) is 32.5 Å². The largest absolute Gasteiger partial charge is 0.385 e. The van der Waals surface area contributed by atoms with Crippen molar-refractivity contribution >= 4 is 32.5 Å². The highest BCUT2D eigenvalue weighted by Crippen LogP contribution is 2.24. The topological polar surface area (TPSA) is 124 Å². The Balaban J connectivity index is 1.31. The number of aromatic nitrogens is 3. The third-order valence-electron chi connectivity index (χ3n) is 6.71. The number of amides is 1. The maximum absolute atomic E-state index is 12.9. The number of carbonyl (C=O) groups excluding carboxylic acids is 1. The van der Waals surface area contributed by atoms with E-state index in [4.69, 9.17) is 19.4 Å². The third-order valence-corrected chi connectivity index (χ3v) is 8.46. The highest BCUT2D eigenvalue weighted by molar-refractivity contribution is 7.91. The number of hydrogen-bond acceptors (Lipinski definition) is 9. The molecule has 0 atom stereocenters. The van der Waals surface area contributed by atoms with Crippen molar-refractivity contribution in [2.75, 3.05) is 44.6 Å². The van der Waals surface area contributed by atoms with Crippen LogP contribution in [0.1, 0.15) is 28.0 Å². The lowest BCUT2D eigenvalue weighted by Gasteiger charge is -2.18. The normalized spacial score (nSPS) is 14.3. The number of ether oxygens (including phenoxy) is 2. The lowest BCUT2D eigenvalue weighted by molar-refractivity contribution is 0.0950. The van der Waals surface area contributed by atoms with Crippen LogP contribution < -0.4 is 10.2 Å². The minimum Gasteiger partial charge on any atom is -0.385 e. The summed E-state index contributed by atoms with van der Waals surface area (Å²) in [5, 5.41) is 3.70. The summed E-state index contributed by atoms with van der Waals surface area (Å²) in [5.41, 5.74) is 3.67. The van der Waals surface area contributed by atoms with Crippen molar-refractivity contribution in [3.8, 4) is 11.4 Å². The van der Waals surface area contributed by atoms with E-state index >= 15 is 0 Å². The lowest BCUT2D eigenvalue weighted by atomic mass is 10.1. The van der Waals surface area contributed by atoms with Crippen LogP contribution in [0.15, 0.2) is 65.7 Å². The fraction of sp³-hybridized carbons (Fsp3) is 0.310. The minimum atomic E-state index is -3.50. The van der Waals surface area contributed by atoms with Gasteiger partial charge < -0.3 is 19.7 Å². The van der Waals surface area contributed by atoms with E-state index in [1.165, 1.54) is 6.07 Å². The number of carbonyl (C=O) groups is 1. The second kappa shape index (κ2) is 12.1. The third kappa shape index (κ3) is 6.27. The van der Waals surface area contributed by atoms with E-state index < -0.39 is 9.84 Å². The van der Waals surface area contributed by atoms with Gasteiger partial charge in [0.15, 0.2) is 9.84 Å². The van der Waals surface area contributed by atoms with Crippen molar-refractivity contribution in [2.45, 2.75) is 24.5 Å². The van der Waals surface area contributed by atoms with Gasteiger partial charge in [0.25, 0.3) is 5.91 Å². The van der Waals surface area contributed by atoms with Gasteiger partial charge in [0, 0.05) is 44.5 Å². The van der Waals surface area contributed by atoms with E-state index in [0.717, 1.165) is 41.1 Å². The van der Waals surface area contributed by atoms with E-state index in [1.807, 2.05) is 43.4 Å². The van der Waals surface area contributed by atoms with Crippen LogP contribution in [0.3, 0.4) is 0 Å². The van der Waals surface area contributed by atoms with Gasteiger partial charge in [-0.1, -0.05) is 12.1 Å². The summed E-state index contributed by atoms with van der Waals surface area (Å²) in [7, 11) is 0.190. The highest BCUT2D eigenvalue weighted by atomic mass is 32.2. The van der Waals surface area contributed by atoms with Gasteiger partial charge in [0.05, 0.1) is 53.0 Å². The Morgan fingerprint density at radius 2 is 1.95 bits per heavy atom. The molecule has 4 heterocycles. The molecule has 1 amide bonds. The zero-order chi connectivity index (χ0) is 28.1. The van der Waals surface area contributed by atoms with E-state index in [1.54, 1.807) is 25.4 Å². The summed E-state index contributed by atoms with van der Waals surface area (Å²) < 4.78 is 35.6. The van der Waals surface area contributed by atoms with Crippen molar-refractivity contribution in [1.29, 1.82) is 0 Å². The Labute approximate surface area is 233 Å². The monoisotopic (exact) mass is 561 g/mol. The molecule has 11 heteroatoms. The van der Waals surface area contributed by atoms with Gasteiger partial charge in [-0.05, 0) is 54.4 Å². The van der Waals surface area contributed by atoms with E-state index in [2.05, 4.69) is 15.2 Å². The van der Waals surface area contributed by atoms with Crippen molar-refractivity contribution in [1.82, 2.24) is 20.3 Å². The van der Waals surface area contributed by atoms with Gasteiger partial charge in [0.2, 0.25) is 0 Å². The van der Waals surface area contributed by atoms with Crippen LogP contribution in [0.4, 0.5) is 5.82 Å². The molecule has 4 aromatic rings. The fourth-order valence-electron chi connectivity index (χ4n) is 4.47. The molecule has 0 fully saturated rings. The van der Waals surface area contributed by atoms with Gasteiger partial charge in [0.1, 0.15) is 5.82 Å². The number of methoxy groups -OCH3 is 1. The number of rotatable bonds is 9. The van der Waals surface area contributed by atoms with Gasteiger partial charge in [-0.15, -0.1) is 0 Å². The average molecular weight is 562 g/mol. The maximum atomic E-state index is 12.9. The zero-order valence-electron chi connectivity index (χ0n) is 22.5. The zero-order valence-corrected chi connectivity index (χ0v) is 23.3. The molecular weight excluding hydrogens is 530 g/mol. The Bertz CT molecular complexity index is 1640. The first-order chi connectivity index (χ1) is 19.3. The second-order valence-electron chi connectivity index (χ2n) is 9.59. The molecule has 5 rings (SSSR count). The number of sulfone groups is 1. The molecule has 0 bridgehead atoms. The molecule has 1 aliphatic rings. The number of nitrogens with one attached hydrogen (secondary N) is 1. The second-order valence-corrected chi connectivity index (χ2v) is 11.7. The molecule has 40 heavy (non-hydrogen) atoms. The molecule has 10 nitrogen and oxygen atoms in total. The van der Waals surface area contributed by atoms with Gasteiger partial charge in [-0.25, -0.2) is 18.4 Å². The van der Waals surface area contributed by atoms with Crippen LogP contribution in [0, 0.1) is 0 Å². The Hall–Kier alpha value is -3.93. The molecule has 208 valence electrons. The number of anilines is 1. The summed E-state index contributed by atoms with van der Waals surface area (Å²) in [5.74, 6) is 0.362. The molecule has 0 radical (unpaired) electrons. The number of nitrogens with zero attached hydrogens (tertiary/aromatic N) is 4. The van der Waals surface area contributed by atoms with Gasteiger partial charge in [-0.3, -0.25) is 9.78 Å². The van der Waals surface area contributed by atoms with Gasteiger partial charge in [-0.2, -0.15) is 0 Å². The molecule has 1 aliphatic heterocycles. The fourth-order valence-corrected chi connectivity index (χ4v) is 5.86. The summed E-state index contributed by atoms with van der Waals surface area (Å²) in [6, 6.07) is 16.2. The first-order valence-electron chi connectivity index (χ1n) is 13.0. The first kappa shape index (κ1) is 27.6. The van der Waals surface area contributed by atoms with E-state index in [9.17, 15) is 13.2 Å². The summed E-state index contributed by atoms with van der Waals surface area (Å²) in [6.07, 6.45) is 2.62. The molecule has 0 aliphatic carbocycles. The smallest absolute Gasteiger partial charge is 0.251 e. The highest BCUT2D eigenvalue weighted by Gasteiger charge is 2.23. The summed E-state index contributed by atoms with van der Waals surface area (Å²) in [4.78, 5) is 29.2. The van der Waals surface area contributed by atoms with E-state index in [-0.39, 0.29) is 41.9 Å². The molecule has 1 N–H and O–H groups in total. The SMILES string of the molecule is COCCCN(C)c1cccc(-c2ccc3cnc(CNC(=O)c4ccc5c(c4)S(=O)(=O)CCOC5)cc3n2)n1. The number of hydrogen-bond donors (Lipinski definition) is 1. The van der Waals surface area contributed by atoms with Crippen molar-refractivity contribution in [2.24, 2.45) is 0 Å². The molecule has 0 unspecified atom stereocenters. The quantitative estimate of drug-likeness (QED) is 0.306. The standard InChI is InChI=1S/C29H31N5O5S/c1-34(11-4-12-38-2)28-6-3-5-24(33-28)25-10-9-21-17-30-23(16-26(21)32-25)18-31-29(35)20-7-8-22-19-39-13-14-40(36,37)27(22)15-20/h3,5-10,15-17H,4,11-14,18-19H2,1-2H3,(H,31,35). The Morgan fingerprint density at radius 3 is 2.80 bits per heavy atom. The predicted molar refractivity (Wildman–Crippen MR) is 152 cm³/mol. The van der Waals surface area contributed by atoms with Crippen molar-refractivity contribution in [3.63, 3.8) is 0 Å². The Kier molecular flexibility index (Phi) is 8.34. The average Bonchev–Trinajstić information content (AvgIpc) is 3.12. The number of benzene rings is 1. The van der Waals surface area contributed by atoms with E-state index in [0.29, 0.717) is 17.9 Å². The molecule has 0 spiro atoms. The minimum absolute atomic E-state index is 0.105. The van der Waals surface area contributed by atoms with Crippen LogP contribution >= 0.6 is 0 Å². The number of fused-ring (bicyclic) bond motifs is 2. The van der Waals surface area contributed by atoms with Crippen LogP contribution in [-0.4, -0.2) is 68.9 Å². The van der Waals surface area contributed by atoms with Crippen LogP contribution in [0.25, 0.3) is 22.3 Å². The maximum Gasteiger partial charge on any atom is 0.251 e. The van der Waals surface area contributed by atoms with Crippen LogP contribution in [0.2, 0.25) is 0 Å². The molecular formula is C29H31N5O5S. The molecule has 0 saturated carbocycles. The molecule has 0 saturated heterocycles. The van der Waals surface area contributed by atoms with Crippen LogP contribution in [0.5, 0.6) is 0 Å². The summed E-state index contributed by atoms with van der Waals surface area (Å²) in [6.45, 7) is 2.02. The molecule has 1 aromatic carbocycles. The van der Waals surface area contributed by atoms with Gasteiger partial charge >= 0.3 is 0 Å². The lowest BCUT2D eigenvalue weighted by Crippen LogP contribution is -2.23. The first-order valence-corrected chi connectivity index (χ1v) is 14.6. The van der Waals surface area contributed by atoms with Crippen molar-refractivity contribution < 1.29 is 22.7 Å². The summed E-state index contributed by atoms with van der Waals surface area (Å²) >= 11 is 0. The number of pyridine rings is 3. The predicted octanol–water partition coefficient (Wildman–Crippen LogP) is 3.40. The molecule has 3 aromatic heterocycles. The van der Waals surface area contributed by atoms with Crippen molar-refractivity contribution in [3.05, 3.63) is 77.6 Å². The Morgan fingerprint density at radius 1 is 1.10 bits per heavy atom.